The molecule has 1 rings (SSSR count). The summed E-state index contributed by atoms with van der Waals surface area (Å²) in [6.07, 6.45) is 0. The number of hydrogen-bond acceptors (Lipinski definition) is 2. The third-order valence-corrected chi connectivity index (χ3v) is 2.22. The van der Waals surface area contributed by atoms with E-state index in [1.807, 2.05) is 0 Å². The molecular formula is C7H5BrClN3. The van der Waals surface area contributed by atoms with Crippen LogP contribution in [0.3, 0.4) is 0 Å². The predicted molar refractivity (Wildman–Crippen MR) is 51.1 cm³/mol. The van der Waals surface area contributed by atoms with E-state index in [-0.39, 0.29) is 5.84 Å². The molecule has 0 aliphatic carbocycles. The Bertz CT molecular complexity index is 337. The maximum atomic E-state index is 7.27. The number of hydrogen-bond donors (Lipinski definition) is 2. The summed E-state index contributed by atoms with van der Waals surface area (Å²) < 4.78 is 0.716. The van der Waals surface area contributed by atoms with Gasteiger partial charge in [-0.15, -0.1) is 5.11 Å². The summed E-state index contributed by atoms with van der Waals surface area (Å²) in [5.74, 6) is -0.107. The fraction of sp³-hybridized carbons (Fsp3) is 0. The number of nitrogens with one attached hydrogen (secondary N) is 2. The lowest BCUT2D eigenvalue weighted by atomic mass is 10.2. The molecular weight excluding hydrogens is 241 g/mol. The number of benzene rings is 1. The average Bonchev–Trinajstić information content (AvgIpc) is 2.08. The second kappa shape index (κ2) is 3.78. The first-order valence-electron chi connectivity index (χ1n) is 3.06. The summed E-state index contributed by atoms with van der Waals surface area (Å²) in [5.41, 5.74) is 7.18. The van der Waals surface area contributed by atoms with E-state index in [0.717, 1.165) is 0 Å². The summed E-state index contributed by atoms with van der Waals surface area (Å²) in [6.45, 7) is 0. The highest BCUT2D eigenvalue weighted by Gasteiger charge is 2.05. The number of amidine groups is 1. The zero-order chi connectivity index (χ0) is 9.14. The van der Waals surface area contributed by atoms with Gasteiger partial charge in [-0.25, -0.2) is 5.53 Å². The third kappa shape index (κ3) is 1.89. The Morgan fingerprint density at radius 3 is 2.75 bits per heavy atom. The van der Waals surface area contributed by atoms with Gasteiger partial charge >= 0.3 is 0 Å². The van der Waals surface area contributed by atoms with Gasteiger partial charge in [0.05, 0.1) is 0 Å². The van der Waals surface area contributed by atoms with Gasteiger partial charge in [-0.05, 0) is 18.2 Å². The first kappa shape index (κ1) is 9.35. The van der Waals surface area contributed by atoms with Crippen molar-refractivity contribution < 1.29 is 0 Å². The Hall–Kier alpha value is -0.740. The van der Waals surface area contributed by atoms with Crippen molar-refractivity contribution in [2.45, 2.75) is 0 Å². The topological polar surface area (TPSA) is 60.1 Å². The summed E-state index contributed by atoms with van der Waals surface area (Å²) in [5, 5.41) is 10.8. The fourth-order valence-electron chi connectivity index (χ4n) is 0.739. The summed E-state index contributed by atoms with van der Waals surface area (Å²) in [7, 11) is 0. The van der Waals surface area contributed by atoms with Crippen LogP contribution in [-0.2, 0) is 0 Å². The smallest absolute Gasteiger partial charge is 0.174 e. The van der Waals surface area contributed by atoms with Crippen molar-refractivity contribution in [3.05, 3.63) is 33.3 Å². The molecule has 0 spiro atoms. The zero-order valence-corrected chi connectivity index (χ0v) is 8.28. The van der Waals surface area contributed by atoms with Crippen LogP contribution in [0.4, 0.5) is 0 Å². The van der Waals surface area contributed by atoms with Crippen LogP contribution in [0.1, 0.15) is 5.56 Å². The highest BCUT2D eigenvalue weighted by Crippen LogP contribution is 2.21. The Labute approximate surface area is 82.9 Å². The largest absolute Gasteiger partial charge is 0.281 e. The van der Waals surface area contributed by atoms with Crippen LogP contribution in [-0.4, -0.2) is 5.84 Å². The van der Waals surface area contributed by atoms with E-state index in [0.29, 0.717) is 15.1 Å². The standard InChI is InChI=1S/C7H5BrClN3/c8-6-2-1-4(9)3-5(6)7(10)12-11/h1-3,10-11H. The lowest BCUT2D eigenvalue weighted by Crippen LogP contribution is -1.94. The van der Waals surface area contributed by atoms with Crippen molar-refractivity contribution in [1.82, 2.24) is 0 Å². The van der Waals surface area contributed by atoms with Crippen LogP contribution in [0.2, 0.25) is 5.02 Å². The minimum Gasteiger partial charge on any atom is -0.281 e. The van der Waals surface area contributed by atoms with Crippen LogP contribution in [0.5, 0.6) is 0 Å². The van der Waals surface area contributed by atoms with Gasteiger partial charge in [0.15, 0.2) is 5.84 Å². The van der Waals surface area contributed by atoms with E-state index in [4.69, 9.17) is 22.5 Å². The van der Waals surface area contributed by atoms with Crippen molar-refractivity contribution >= 4 is 33.4 Å². The minimum absolute atomic E-state index is 0.107. The van der Waals surface area contributed by atoms with Crippen molar-refractivity contribution in [1.29, 1.82) is 10.9 Å². The number of halogens is 2. The molecule has 0 aliphatic heterocycles. The van der Waals surface area contributed by atoms with E-state index >= 15 is 0 Å². The second-order valence-electron chi connectivity index (χ2n) is 2.08. The van der Waals surface area contributed by atoms with Crippen molar-refractivity contribution in [2.24, 2.45) is 5.11 Å². The van der Waals surface area contributed by atoms with Gasteiger partial charge in [-0.1, -0.05) is 27.5 Å². The molecule has 0 atom stereocenters. The lowest BCUT2D eigenvalue weighted by molar-refractivity contribution is 1.16. The van der Waals surface area contributed by atoms with E-state index in [1.165, 1.54) is 0 Å². The molecule has 0 bridgehead atoms. The van der Waals surface area contributed by atoms with E-state index in [2.05, 4.69) is 21.0 Å². The van der Waals surface area contributed by atoms with Crippen molar-refractivity contribution in [2.75, 3.05) is 0 Å². The SMILES string of the molecule is N=NC(=N)c1cc(Cl)ccc1Br. The molecule has 0 aliphatic rings. The molecule has 12 heavy (non-hydrogen) atoms. The number of nitrogens with zero attached hydrogens (tertiary/aromatic N) is 1. The van der Waals surface area contributed by atoms with Gasteiger partial charge < -0.3 is 0 Å². The molecule has 3 nitrogen and oxygen atoms in total. The van der Waals surface area contributed by atoms with E-state index in [9.17, 15) is 0 Å². The van der Waals surface area contributed by atoms with E-state index < -0.39 is 0 Å². The zero-order valence-electron chi connectivity index (χ0n) is 5.94. The Morgan fingerprint density at radius 1 is 1.50 bits per heavy atom. The van der Waals surface area contributed by atoms with Crippen molar-refractivity contribution in [3.8, 4) is 0 Å². The van der Waals surface area contributed by atoms with Crippen LogP contribution < -0.4 is 0 Å². The van der Waals surface area contributed by atoms with Gasteiger partial charge in [-0.3, -0.25) is 5.41 Å². The van der Waals surface area contributed by atoms with Gasteiger partial charge in [0.1, 0.15) is 0 Å². The number of rotatable bonds is 1. The molecule has 0 radical (unpaired) electrons. The minimum atomic E-state index is -0.107. The van der Waals surface area contributed by atoms with Crippen LogP contribution in [0.15, 0.2) is 27.8 Å². The van der Waals surface area contributed by atoms with Crippen molar-refractivity contribution in [3.63, 3.8) is 0 Å². The molecule has 1 aromatic carbocycles. The molecule has 0 heterocycles. The fourth-order valence-corrected chi connectivity index (χ4v) is 1.35. The molecule has 1 aromatic rings. The normalized spacial score (nSPS) is 9.50. The maximum Gasteiger partial charge on any atom is 0.174 e. The first-order chi connectivity index (χ1) is 5.65. The quantitative estimate of drug-likeness (QED) is 0.433. The first-order valence-corrected chi connectivity index (χ1v) is 4.23. The van der Waals surface area contributed by atoms with Gasteiger partial charge in [0.25, 0.3) is 0 Å². The summed E-state index contributed by atoms with van der Waals surface area (Å²) in [6, 6.07) is 5.01. The molecule has 0 unspecified atom stereocenters. The van der Waals surface area contributed by atoms with Crippen LogP contribution >= 0.6 is 27.5 Å². The molecule has 0 saturated heterocycles. The Morgan fingerprint density at radius 2 is 2.17 bits per heavy atom. The molecule has 0 fully saturated rings. The van der Waals surface area contributed by atoms with E-state index in [1.54, 1.807) is 18.2 Å². The Balaban J connectivity index is 3.22. The Kier molecular flexibility index (Phi) is 2.94. The molecule has 0 aromatic heterocycles. The maximum absolute atomic E-state index is 7.27. The van der Waals surface area contributed by atoms with Gasteiger partial charge in [0.2, 0.25) is 0 Å². The predicted octanol–water partition coefficient (Wildman–Crippen LogP) is 3.46. The second-order valence-corrected chi connectivity index (χ2v) is 3.38. The molecule has 0 amide bonds. The molecule has 0 saturated carbocycles. The van der Waals surface area contributed by atoms with Crippen LogP contribution in [0.25, 0.3) is 0 Å². The van der Waals surface area contributed by atoms with Gasteiger partial charge in [0, 0.05) is 15.1 Å². The third-order valence-electron chi connectivity index (χ3n) is 1.30. The summed E-state index contributed by atoms with van der Waals surface area (Å²) >= 11 is 8.93. The van der Waals surface area contributed by atoms with Gasteiger partial charge in [-0.2, -0.15) is 0 Å². The highest BCUT2D eigenvalue weighted by atomic mass is 79.9. The lowest BCUT2D eigenvalue weighted by Gasteiger charge is -2.00. The highest BCUT2D eigenvalue weighted by molar-refractivity contribution is 9.10. The summed E-state index contributed by atoms with van der Waals surface area (Å²) in [4.78, 5) is 0. The average molecular weight is 246 g/mol. The molecule has 2 N–H and O–H groups in total. The monoisotopic (exact) mass is 245 g/mol. The molecule has 62 valence electrons. The van der Waals surface area contributed by atoms with Crippen LogP contribution in [0, 0.1) is 10.9 Å². The molecule has 5 heteroatoms.